The van der Waals surface area contributed by atoms with E-state index < -0.39 is 17.2 Å². The minimum absolute atomic E-state index is 0.215. The molecule has 5 heteroatoms. The Labute approximate surface area is 164 Å². The number of benzene rings is 2. The van der Waals surface area contributed by atoms with Gasteiger partial charge in [-0.25, -0.2) is 4.79 Å². The van der Waals surface area contributed by atoms with Crippen LogP contribution in [0.25, 0.3) is 0 Å². The van der Waals surface area contributed by atoms with Crippen LogP contribution in [0.1, 0.15) is 76.3 Å². The zero-order chi connectivity index (χ0) is 20.7. The lowest BCUT2D eigenvalue weighted by Crippen LogP contribution is -2.38. The number of methoxy groups -OCH3 is 1. The van der Waals surface area contributed by atoms with E-state index in [1.807, 2.05) is 27.7 Å². The van der Waals surface area contributed by atoms with Gasteiger partial charge in [0.2, 0.25) is 0 Å². The van der Waals surface area contributed by atoms with Gasteiger partial charge in [-0.05, 0) is 45.9 Å². The average molecular weight is 380 g/mol. The Morgan fingerprint density at radius 2 is 1.36 bits per heavy atom. The van der Waals surface area contributed by atoms with Crippen LogP contribution in [0.2, 0.25) is 0 Å². The highest BCUT2D eigenvalue weighted by molar-refractivity contribution is 6.28. The highest BCUT2D eigenvalue weighted by Crippen LogP contribution is 2.30. The minimum atomic E-state index is -0.765. The average Bonchev–Trinajstić information content (AvgIpc) is 2.64. The number of rotatable bonds is 5. The summed E-state index contributed by atoms with van der Waals surface area (Å²) in [5.41, 5.74) is 0.298. The Balaban J connectivity index is 1.89. The Hall–Kier alpha value is -2.79. The van der Waals surface area contributed by atoms with Crippen molar-refractivity contribution in [3.63, 3.8) is 0 Å². The monoisotopic (exact) mass is 380 g/mol. The molecule has 0 amide bonds. The van der Waals surface area contributed by atoms with Gasteiger partial charge in [-0.3, -0.25) is 9.59 Å². The summed E-state index contributed by atoms with van der Waals surface area (Å²) in [6, 6.07) is 11.2. The normalized spacial score (nSPS) is 13.8. The molecule has 0 fully saturated rings. The van der Waals surface area contributed by atoms with Crippen LogP contribution < -0.4 is 0 Å². The molecule has 1 aliphatic carbocycles. The van der Waals surface area contributed by atoms with Gasteiger partial charge in [0.05, 0.1) is 11.2 Å². The van der Waals surface area contributed by atoms with E-state index in [1.54, 1.807) is 31.4 Å². The Kier molecular flexibility index (Phi) is 4.98. The molecule has 2 aromatic carbocycles. The molecule has 0 spiro atoms. The maximum Gasteiger partial charge on any atom is 0.338 e. The second kappa shape index (κ2) is 6.99. The van der Waals surface area contributed by atoms with E-state index in [9.17, 15) is 14.4 Å². The Morgan fingerprint density at radius 3 is 1.93 bits per heavy atom. The van der Waals surface area contributed by atoms with Crippen molar-refractivity contribution in [2.75, 3.05) is 7.11 Å². The molecular weight excluding hydrogens is 356 g/mol. The molecule has 1 aliphatic rings. The summed E-state index contributed by atoms with van der Waals surface area (Å²) in [6.07, 6.45) is 0.498. The van der Waals surface area contributed by atoms with E-state index in [1.165, 1.54) is 18.2 Å². The molecule has 0 radical (unpaired) electrons. The van der Waals surface area contributed by atoms with E-state index in [0.717, 1.165) is 0 Å². The van der Waals surface area contributed by atoms with Gasteiger partial charge in [-0.15, -0.1) is 0 Å². The molecule has 0 bridgehead atoms. The second-order valence-electron chi connectivity index (χ2n) is 8.25. The van der Waals surface area contributed by atoms with Gasteiger partial charge in [-0.1, -0.05) is 24.3 Å². The summed E-state index contributed by atoms with van der Waals surface area (Å²) in [4.78, 5) is 38.2. The standard InChI is InChI=1S/C23H24O5/c1-22(2,27-5)13-23(3,4)28-21(26)14-10-11-17-18(12-14)20(25)16-9-7-6-8-15(16)19(17)24/h6-12H,13H2,1-5H3. The molecule has 0 N–H and O–H groups in total. The highest BCUT2D eigenvalue weighted by Gasteiger charge is 2.34. The largest absolute Gasteiger partial charge is 0.456 e. The predicted octanol–water partition coefficient (Wildman–Crippen LogP) is 4.21. The zero-order valence-corrected chi connectivity index (χ0v) is 16.8. The van der Waals surface area contributed by atoms with Gasteiger partial charge in [0.15, 0.2) is 11.6 Å². The molecule has 0 heterocycles. The first kappa shape index (κ1) is 20.0. The summed E-state index contributed by atoms with van der Waals surface area (Å²) in [6.45, 7) is 7.47. The topological polar surface area (TPSA) is 69.7 Å². The van der Waals surface area contributed by atoms with E-state index in [0.29, 0.717) is 23.1 Å². The predicted molar refractivity (Wildman–Crippen MR) is 105 cm³/mol. The molecule has 28 heavy (non-hydrogen) atoms. The first-order chi connectivity index (χ1) is 13.0. The van der Waals surface area contributed by atoms with Crippen LogP contribution in [0.4, 0.5) is 0 Å². The fourth-order valence-corrected chi connectivity index (χ4v) is 3.67. The minimum Gasteiger partial charge on any atom is -0.456 e. The summed E-state index contributed by atoms with van der Waals surface area (Å²) in [7, 11) is 1.61. The van der Waals surface area contributed by atoms with Gasteiger partial charge in [0.25, 0.3) is 0 Å². The van der Waals surface area contributed by atoms with Crippen molar-refractivity contribution in [2.45, 2.75) is 45.3 Å². The number of hydrogen-bond acceptors (Lipinski definition) is 5. The smallest absolute Gasteiger partial charge is 0.338 e. The molecule has 146 valence electrons. The van der Waals surface area contributed by atoms with Crippen LogP contribution in [0, 0.1) is 0 Å². The lowest BCUT2D eigenvalue weighted by atomic mass is 9.83. The molecular formula is C23H24O5. The van der Waals surface area contributed by atoms with Crippen LogP contribution >= 0.6 is 0 Å². The first-order valence-corrected chi connectivity index (χ1v) is 9.16. The maximum atomic E-state index is 12.8. The van der Waals surface area contributed by atoms with Crippen molar-refractivity contribution in [3.8, 4) is 0 Å². The molecule has 0 saturated carbocycles. The summed E-state index contributed by atoms with van der Waals surface area (Å²) in [5.74, 6) is -1.02. The number of ether oxygens (including phenoxy) is 2. The van der Waals surface area contributed by atoms with Crippen LogP contribution in [0.15, 0.2) is 42.5 Å². The number of fused-ring (bicyclic) bond motifs is 2. The van der Waals surface area contributed by atoms with Gasteiger partial charge in [0.1, 0.15) is 5.60 Å². The molecule has 0 aliphatic heterocycles. The van der Waals surface area contributed by atoms with Crippen molar-refractivity contribution in [3.05, 3.63) is 70.3 Å². The zero-order valence-electron chi connectivity index (χ0n) is 16.8. The molecule has 0 aromatic heterocycles. The number of ketones is 2. The number of esters is 1. The molecule has 0 saturated heterocycles. The van der Waals surface area contributed by atoms with Crippen molar-refractivity contribution in [2.24, 2.45) is 0 Å². The van der Waals surface area contributed by atoms with Crippen molar-refractivity contribution >= 4 is 17.5 Å². The van der Waals surface area contributed by atoms with Crippen molar-refractivity contribution in [1.82, 2.24) is 0 Å². The van der Waals surface area contributed by atoms with E-state index in [2.05, 4.69) is 0 Å². The summed E-state index contributed by atoms with van der Waals surface area (Å²) in [5, 5.41) is 0. The van der Waals surface area contributed by atoms with Crippen molar-refractivity contribution in [1.29, 1.82) is 0 Å². The fraction of sp³-hybridized carbons (Fsp3) is 0.348. The lowest BCUT2D eigenvalue weighted by molar-refractivity contribution is -0.0636. The van der Waals surface area contributed by atoms with Crippen LogP contribution in [0.3, 0.4) is 0 Å². The second-order valence-corrected chi connectivity index (χ2v) is 8.25. The van der Waals surface area contributed by atoms with Gasteiger partial charge >= 0.3 is 5.97 Å². The maximum absolute atomic E-state index is 12.8. The third-order valence-electron chi connectivity index (χ3n) is 4.93. The lowest BCUT2D eigenvalue weighted by Gasteiger charge is -2.33. The number of carbonyl (C=O) groups is 3. The molecule has 0 atom stereocenters. The van der Waals surface area contributed by atoms with Gasteiger partial charge in [-0.2, -0.15) is 0 Å². The first-order valence-electron chi connectivity index (χ1n) is 9.16. The Morgan fingerprint density at radius 1 is 0.821 bits per heavy atom. The van der Waals surface area contributed by atoms with Crippen LogP contribution in [-0.2, 0) is 9.47 Å². The summed E-state index contributed by atoms with van der Waals surface area (Å²) < 4.78 is 11.1. The molecule has 5 nitrogen and oxygen atoms in total. The Bertz CT molecular complexity index is 969. The van der Waals surface area contributed by atoms with Gasteiger partial charge in [0, 0.05) is 35.8 Å². The van der Waals surface area contributed by atoms with Crippen molar-refractivity contribution < 1.29 is 23.9 Å². The molecule has 3 rings (SSSR count). The number of carbonyl (C=O) groups excluding carboxylic acids is 3. The summed E-state index contributed by atoms with van der Waals surface area (Å²) >= 11 is 0. The SMILES string of the molecule is COC(C)(C)CC(C)(C)OC(=O)c1ccc2c(c1)C(=O)c1ccccc1C2=O. The number of hydrogen-bond donors (Lipinski definition) is 0. The third-order valence-corrected chi connectivity index (χ3v) is 4.93. The quantitative estimate of drug-likeness (QED) is 0.620. The van der Waals surface area contributed by atoms with Crippen LogP contribution in [0.5, 0.6) is 0 Å². The van der Waals surface area contributed by atoms with E-state index >= 15 is 0 Å². The van der Waals surface area contributed by atoms with E-state index in [4.69, 9.17) is 9.47 Å². The third kappa shape index (κ3) is 3.76. The highest BCUT2D eigenvalue weighted by atomic mass is 16.6. The molecule has 0 unspecified atom stereocenters. The van der Waals surface area contributed by atoms with Gasteiger partial charge < -0.3 is 9.47 Å². The van der Waals surface area contributed by atoms with Crippen LogP contribution in [-0.4, -0.2) is 35.8 Å². The molecule has 2 aromatic rings. The van der Waals surface area contributed by atoms with E-state index in [-0.39, 0.29) is 22.7 Å². The fourth-order valence-electron chi connectivity index (χ4n) is 3.67.